The van der Waals surface area contributed by atoms with Crippen molar-refractivity contribution in [3.8, 4) is 0 Å². The molecular weight excluding hydrogens is 422 g/mol. The van der Waals surface area contributed by atoms with Crippen LogP contribution in [0, 0.1) is 0 Å². The standard InChI is InChI=1S/C20H22BrN5O2/c1-11(2)17-9-15(16-10-22-26(12(3)4)18(16)23-17)20(28)25-24-19(27)13-5-7-14(21)8-6-13/h5-12H,1-4H3,(H,24,27)(H,25,28). The number of carbonyl (C=O) groups excluding carboxylic acids is 2. The van der Waals surface area contributed by atoms with Gasteiger partial charge in [-0.3, -0.25) is 20.4 Å². The molecule has 3 rings (SSSR count). The van der Waals surface area contributed by atoms with Gasteiger partial charge in [0.2, 0.25) is 0 Å². The Labute approximate surface area is 171 Å². The minimum Gasteiger partial charge on any atom is -0.267 e. The first-order chi connectivity index (χ1) is 13.3. The first-order valence-corrected chi connectivity index (χ1v) is 9.81. The van der Waals surface area contributed by atoms with Crippen LogP contribution in [0.2, 0.25) is 0 Å². The van der Waals surface area contributed by atoms with E-state index in [1.165, 1.54) is 0 Å². The Morgan fingerprint density at radius 2 is 1.68 bits per heavy atom. The molecule has 7 nitrogen and oxygen atoms in total. The molecule has 0 saturated carbocycles. The molecule has 0 bridgehead atoms. The summed E-state index contributed by atoms with van der Waals surface area (Å²) in [7, 11) is 0. The number of nitrogens with zero attached hydrogens (tertiary/aromatic N) is 3. The molecule has 2 aromatic heterocycles. The van der Waals surface area contributed by atoms with Crippen LogP contribution in [0.4, 0.5) is 0 Å². The van der Waals surface area contributed by atoms with E-state index in [0.29, 0.717) is 22.2 Å². The number of carbonyl (C=O) groups is 2. The predicted octanol–water partition coefficient (Wildman–Crippen LogP) is 3.97. The largest absolute Gasteiger partial charge is 0.270 e. The van der Waals surface area contributed by atoms with E-state index < -0.39 is 11.8 Å². The lowest BCUT2D eigenvalue weighted by Crippen LogP contribution is -2.41. The van der Waals surface area contributed by atoms with Gasteiger partial charge in [-0.25, -0.2) is 9.67 Å². The monoisotopic (exact) mass is 443 g/mol. The van der Waals surface area contributed by atoms with E-state index in [-0.39, 0.29) is 12.0 Å². The molecule has 2 heterocycles. The Hall–Kier alpha value is -2.74. The van der Waals surface area contributed by atoms with Crippen LogP contribution in [0.5, 0.6) is 0 Å². The lowest BCUT2D eigenvalue weighted by atomic mass is 10.1. The van der Waals surface area contributed by atoms with Gasteiger partial charge in [0.05, 0.1) is 17.1 Å². The van der Waals surface area contributed by atoms with Gasteiger partial charge in [0.1, 0.15) is 0 Å². The van der Waals surface area contributed by atoms with Gasteiger partial charge in [0.15, 0.2) is 5.65 Å². The van der Waals surface area contributed by atoms with Crippen molar-refractivity contribution in [2.24, 2.45) is 0 Å². The van der Waals surface area contributed by atoms with Crippen molar-refractivity contribution < 1.29 is 9.59 Å². The number of hydrogen-bond donors (Lipinski definition) is 2. The van der Waals surface area contributed by atoms with E-state index in [9.17, 15) is 9.59 Å². The molecule has 0 unspecified atom stereocenters. The summed E-state index contributed by atoms with van der Waals surface area (Å²) in [4.78, 5) is 29.7. The van der Waals surface area contributed by atoms with Crippen molar-refractivity contribution in [3.63, 3.8) is 0 Å². The summed E-state index contributed by atoms with van der Waals surface area (Å²) in [6.07, 6.45) is 1.64. The Kier molecular flexibility index (Phi) is 5.79. The zero-order valence-electron chi connectivity index (χ0n) is 16.2. The topological polar surface area (TPSA) is 88.9 Å². The summed E-state index contributed by atoms with van der Waals surface area (Å²) in [5.41, 5.74) is 7.27. The second-order valence-electron chi connectivity index (χ2n) is 7.08. The van der Waals surface area contributed by atoms with Crippen molar-refractivity contribution in [2.75, 3.05) is 0 Å². The molecule has 2 N–H and O–H groups in total. The number of pyridine rings is 1. The quantitative estimate of drug-likeness (QED) is 0.596. The van der Waals surface area contributed by atoms with E-state index in [0.717, 1.165) is 10.2 Å². The fourth-order valence-corrected chi connectivity index (χ4v) is 3.02. The highest BCUT2D eigenvalue weighted by molar-refractivity contribution is 9.10. The average molecular weight is 444 g/mol. The number of nitrogens with one attached hydrogen (secondary N) is 2. The molecule has 2 amide bonds. The lowest BCUT2D eigenvalue weighted by molar-refractivity contribution is 0.0847. The fourth-order valence-electron chi connectivity index (χ4n) is 2.75. The minimum absolute atomic E-state index is 0.112. The second kappa shape index (κ2) is 8.10. The maximum Gasteiger partial charge on any atom is 0.270 e. The molecule has 1 aromatic carbocycles. The molecule has 0 spiro atoms. The highest BCUT2D eigenvalue weighted by Gasteiger charge is 2.19. The number of fused-ring (bicyclic) bond motifs is 1. The third-order valence-corrected chi connectivity index (χ3v) is 4.84. The number of benzene rings is 1. The molecule has 0 saturated heterocycles. The summed E-state index contributed by atoms with van der Waals surface area (Å²) in [6, 6.07) is 8.72. The van der Waals surface area contributed by atoms with Crippen LogP contribution in [0.25, 0.3) is 11.0 Å². The fraction of sp³-hybridized carbons (Fsp3) is 0.300. The highest BCUT2D eigenvalue weighted by atomic mass is 79.9. The van der Waals surface area contributed by atoms with E-state index in [2.05, 4.69) is 36.9 Å². The average Bonchev–Trinajstić information content (AvgIpc) is 3.09. The van der Waals surface area contributed by atoms with Crippen molar-refractivity contribution in [2.45, 2.75) is 39.7 Å². The SMILES string of the molecule is CC(C)c1cc(C(=O)NNC(=O)c2ccc(Br)cc2)c2cnn(C(C)C)c2n1. The van der Waals surface area contributed by atoms with Crippen LogP contribution in [0.3, 0.4) is 0 Å². The van der Waals surface area contributed by atoms with E-state index in [4.69, 9.17) is 0 Å². The van der Waals surface area contributed by atoms with Gasteiger partial charge in [0, 0.05) is 21.8 Å². The Bertz CT molecular complexity index is 1030. The zero-order chi connectivity index (χ0) is 20.4. The second-order valence-corrected chi connectivity index (χ2v) is 8.00. The van der Waals surface area contributed by atoms with Crippen LogP contribution in [0.1, 0.15) is 66.1 Å². The van der Waals surface area contributed by atoms with Gasteiger partial charge >= 0.3 is 0 Å². The summed E-state index contributed by atoms with van der Waals surface area (Å²) in [5, 5.41) is 5.02. The molecule has 0 fully saturated rings. The van der Waals surface area contributed by atoms with Gasteiger partial charge in [0.25, 0.3) is 11.8 Å². The Morgan fingerprint density at radius 1 is 1.04 bits per heavy atom. The number of hydrazine groups is 1. The molecule has 146 valence electrons. The van der Waals surface area contributed by atoms with Gasteiger partial charge in [-0.05, 0) is 50.1 Å². The molecule has 0 aliphatic rings. The third-order valence-electron chi connectivity index (χ3n) is 4.31. The van der Waals surface area contributed by atoms with Gasteiger partial charge in [-0.1, -0.05) is 29.8 Å². The molecule has 0 radical (unpaired) electrons. The minimum atomic E-state index is -0.414. The highest BCUT2D eigenvalue weighted by Crippen LogP contribution is 2.24. The number of aromatic nitrogens is 3. The van der Waals surface area contributed by atoms with E-state index in [1.807, 2.05) is 27.7 Å². The molecule has 0 atom stereocenters. The predicted molar refractivity (Wildman–Crippen MR) is 111 cm³/mol. The maximum atomic E-state index is 12.8. The van der Waals surface area contributed by atoms with Crippen molar-refractivity contribution >= 4 is 38.8 Å². The van der Waals surface area contributed by atoms with Crippen LogP contribution in [-0.2, 0) is 0 Å². The third kappa shape index (κ3) is 4.06. The summed E-state index contributed by atoms with van der Waals surface area (Å²) in [6.45, 7) is 8.05. The molecule has 0 aliphatic heterocycles. The van der Waals surface area contributed by atoms with Crippen molar-refractivity contribution in [1.29, 1.82) is 0 Å². The molecule has 28 heavy (non-hydrogen) atoms. The molecular formula is C20H22BrN5O2. The smallest absolute Gasteiger partial charge is 0.267 e. The van der Waals surface area contributed by atoms with Crippen LogP contribution in [0.15, 0.2) is 41.0 Å². The zero-order valence-corrected chi connectivity index (χ0v) is 17.7. The van der Waals surface area contributed by atoms with Gasteiger partial charge < -0.3 is 0 Å². The van der Waals surface area contributed by atoms with Gasteiger partial charge in [-0.15, -0.1) is 0 Å². The molecule has 3 aromatic rings. The summed E-state index contributed by atoms with van der Waals surface area (Å²) < 4.78 is 2.66. The van der Waals surface area contributed by atoms with Crippen molar-refractivity contribution in [3.05, 3.63) is 57.8 Å². The first kappa shape index (κ1) is 20.0. The van der Waals surface area contributed by atoms with Crippen LogP contribution < -0.4 is 10.9 Å². The maximum absolute atomic E-state index is 12.8. The molecule has 0 aliphatic carbocycles. The normalized spacial score (nSPS) is 11.2. The summed E-state index contributed by atoms with van der Waals surface area (Å²) in [5.74, 6) is -0.667. The first-order valence-electron chi connectivity index (χ1n) is 9.02. The Balaban J connectivity index is 1.88. The number of rotatable bonds is 4. The number of halogens is 1. The van der Waals surface area contributed by atoms with Gasteiger partial charge in [-0.2, -0.15) is 5.10 Å². The number of hydrogen-bond acceptors (Lipinski definition) is 4. The summed E-state index contributed by atoms with van der Waals surface area (Å²) >= 11 is 3.33. The van der Waals surface area contributed by atoms with Crippen LogP contribution >= 0.6 is 15.9 Å². The molecule has 8 heteroatoms. The van der Waals surface area contributed by atoms with Crippen LogP contribution in [-0.4, -0.2) is 26.6 Å². The van der Waals surface area contributed by atoms with E-state index >= 15 is 0 Å². The Morgan fingerprint density at radius 3 is 2.29 bits per heavy atom. The van der Waals surface area contributed by atoms with Crippen molar-refractivity contribution in [1.82, 2.24) is 25.6 Å². The number of amides is 2. The lowest BCUT2D eigenvalue weighted by Gasteiger charge is -2.13. The van der Waals surface area contributed by atoms with E-state index in [1.54, 1.807) is 41.2 Å².